The van der Waals surface area contributed by atoms with Gasteiger partial charge in [0, 0.05) is 18.6 Å². The molecule has 2 heterocycles. The van der Waals surface area contributed by atoms with Crippen molar-refractivity contribution in [2.45, 2.75) is 31.1 Å². The predicted octanol–water partition coefficient (Wildman–Crippen LogP) is 1.92. The molecule has 128 valence electrons. The van der Waals surface area contributed by atoms with Gasteiger partial charge in [-0.15, -0.1) is 11.3 Å². The van der Waals surface area contributed by atoms with Crippen molar-refractivity contribution in [3.63, 3.8) is 0 Å². The van der Waals surface area contributed by atoms with Gasteiger partial charge in [0.2, 0.25) is 10.0 Å². The van der Waals surface area contributed by atoms with Gasteiger partial charge in [0.1, 0.15) is 4.88 Å². The van der Waals surface area contributed by atoms with E-state index in [1.54, 1.807) is 0 Å². The van der Waals surface area contributed by atoms with Gasteiger partial charge in [-0.1, -0.05) is 0 Å². The van der Waals surface area contributed by atoms with E-state index in [1.807, 2.05) is 0 Å². The number of fused-ring (bicyclic) bond motifs is 2. The average Bonchev–Trinajstić information content (AvgIpc) is 3.09. The van der Waals surface area contributed by atoms with E-state index in [9.17, 15) is 26.4 Å². The monoisotopic (exact) mass is 368 g/mol. The lowest BCUT2D eigenvalue weighted by atomic mass is 10.1. The van der Waals surface area contributed by atoms with Gasteiger partial charge in [-0.05, 0) is 30.9 Å². The summed E-state index contributed by atoms with van der Waals surface area (Å²) >= 11 is 0.422. The lowest BCUT2D eigenvalue weighted by Crippen LogP contribution is -2.51. The van der Waals surface area contributed by atoms with E-state index in [2.05, 4.69) is 4.72 Å². The number of thiophene rings is 1. The van der Waals surface area contributed by atoms with E-state index in [4.69, 9.17) is 0 Å². The largest absolute Gasteiger partial charge is 0.425 e. The molecule has 1 aliphatic carbocycles. The molecule has 1 aliphatic heterocycles. The molecular weight excluding hydrogens is 353 g/mol. The van der Waals surface area contributed by atoms with Crippen LogP contribution in [0.5, 0.6) is 0 Å². The number of nitrogens with one attached hydrogen (secondary N) is 1. The topological polar surface area (TPSA) is 66.5 Å². The van der Waals surface area contributed by atoms with Crippen LogP contribution in [-0.2, 0) is 16.2 Å². The maximum Gasteiger partial charge on any atom is 0.425 e. The van der Waals surface area contributed by atoms with Gasteiger partial charge in [-0.25, -0.2) is 13.1 Å². The zero-order chi connectivity index (χ0) is 17.0. The Hall–Kier alpha value is -1.13. The zero-order valence-electron chi connectivity index (χ0n) is 12.1. The molecular formula is C13H15F3N2O3S2. The summed E-state index contributed by atoms with van der Waals surface area (Å²) in [5.74, 6) is -0.275. The summed E-state index contributed by atoms with van der Waals surface area (Å²) in [6.45, 7) is 0.463. The molecule has 2 fully saturated rings. The minimum Gasteiger partial charge on any atom is -0.333 e. The van der Waals surface area contributed by atoms with Crippen molar-refractivity contribution in [2.24, 2.45) is 5.92 Å². The quantitative estimate of drug-likeness (QED) is 0.886. The van der Waals surface area contributed by atoms with E-state index >= 15 is 0 Å². The second-order valence-electron chi connectivity index (χ2n) is 6.02. The van der Waals surface area contributed by atoms with Gasteiger partial charge in [-0.2, -0.15) is 13.2 Å². The molecule has 0 radical (unpaired) electrons. The van der Waals surface area contributed by atoms with Crippen molar-refractivity contribution in [1.82, 2.24) is 9.62 Å². The maximum absolute atomic E-state index is 12.6. The molecule has 3 unspecified atom stereocenters. The van der Waals surface area contributed by atoms with Gasteiger partial charge in [-0.3, -0.25) is 4.79 Å². The Morgan fingerprint density at radius 1 is 1.35 bits per heavy atom. The zero-order valence-corrected chi connectivity index (χ0v) is 13.8. The van der Waals surface area contributed by atoms with E-state index < -0.39 is 27.0 Å². The second kappa shape index (κ2) is 5.45. The fraction of sp³-hybridized carbons (Fsp3) is 0.615. The predicted molar refractivity (Wildman–Crippen MR) is 78.6 cm³/mol. The number of halogens is 3. The maximum atomic E-state index is 12.6. The minimum atomic E-state index is -4.46. The Labute approximate surface area is 135 Å². The Balaban J connectivity index is 1.77. The number of hydrogen-bond donors (Lipinski definition) is 1. The van der Waals surface area contributed by atoms with Crippen LogP contribution in [0.1, 0.15) is 27.4 Å². The summed E-state index contributed by atoms with van der Waals surface area (Å²) in [6, 6.07) is 1.42. The first-order chi connectivity index (χ1) is 10.5. The molecule has 23 heavy (non-hydrogen) atoms. The highest BCUT2D eigenvalue weighted by Gasteiger charge is 2.48. The third kappa shape index (κ3) is 3.38. The van der Waals surface area contributed by atoms with Crippen molar-refractivity contribution >= 4 is 27.3 Å². The first-order valence-electron chi connectivity index (χ1n) is 7.00. The Morgan fingerprint density at radius 3 is 2.57 bits per heavy atom. The van der Waals surface area contributed by atoms with Gasteiger partial charge in [0.25, 0.3) is 5.91 Å². The molecule has 2 aliphatic rings. The molecule has 0 spiro atoms. The van der Waals surface area contributed by atoms with Crippen molar-refractivity contribution < 1.29 is 26.4 Å². The van der Waals surface area contributed by atoms with Crippen LogP contribution in [0.15, 0.2) is 12.1 Å². The molecule has 1 N–H and O–H groups in total. The molecule has 1 saturated carbocycles. The molecule has 1 aromatic heterocycles. The van der Waals surface area contributed by atoms with Crippen molar-refractivity contribution in [1.29, 1.82) is 0 Å². The second-order valence-corrected chi connectivity index (χ2v) is 8.88. The minimum absolute atomic E-state index is 0.0305. The highest BCUT2D eigenvalue weighted by molar-refractivity contribution is 7.88. The van der Waals surface area contributed by atoms with E-state index in [0.29, 0.717) is 30.7 Å². The van der Waals surface area contributed by atoms with Crippen LogP contribution in [0.3, 0.4) is 0 Å². The standard InChI is InChI=1S/C13H15F3N2O3S2/c1-23(20,21)17-8-4-7-5-9(8)18(6-7)12(19)10-2-3-11(22-10)13(14,15)16/h2-3,7-9,17H,4-6H2,1H3. The number of rotatable bonds is 3. The molecule has 3 rings (SSSR count). The first-order valence-corrected chi connectivity index (χ1v) is 9.70. The SMILES string of the molecule is CS(=O)(=O)NC1CC2CC1N(C(=O)c1ccc(C(F)(F)F)s1)C2. The van der Waals surface area contributed by atoms with Crippen molar-refractivity contribution in [3.8, 4) is 0 Å². The van der Waals surface area contributed by atoms with Crippen LogP contribution in [0.4, 0.5) is 13.2 Å². The smallest absolute Gasteiger partial charge is 0.333 e. The summed E-state index contributed by atoms with van der Waals surface area (Å²) in [7, 11) is -3.39. The third-order valence-corrected chi connectivity index (χ3v) is 6.05. The molecule has 5 nitrogen and oxygen atoms in total. The highest BCUT2D eigenvalue weighted by atomic mass is 32.2. The number of carbonyl (C=O) groups excluding carboxylic acids is 1. The van der Waals surface area contributed by atoms with Crippen LogP contribution in [-0.4, -0.2) is 44.1 Å². The van der Waals surface area contributed by atoms with Crippen molar-refractivity contribution in [2.75, 3.05) is 12.8 Å². The Morgan fingerprint density at radius 2 is 2.04 bits per heavy atom. The van der Waals surface area contributed by atoms with Crippen LogP contribution in [0.2, 0.25) is 0 Å². The fourth-order valence-corrected chi connectivity index (χ4v) is 5.04. The molecule has 10 heteroatoms. The number of amides is 1. The van der Waals surface area contributed by atoms with E-state index in [0.717, 1.165) is 12.3 Å². The summed E-state index contributed by atoms with van der Waals surface area (Å²) in [6.07, 6.45) is -2.08. The molecule has 0 aromatic carbocycles. The Bertz CT molecular complexity index is 729. The highest BCUT2D eigenvalue weighted by Crippen LogP contribution is 2.40. The van der Waals surface area contributed by atoms with Crippen LogP contribution in [0, 0.1) is 5.92 Å². The van der Waals surface area contributed by atoms with E-state index in [-0.39, 0.29) is 22.9 Å². The van der Waals surface area contributed by atoms with Gasteiger partial charge in [0.05, 0.1) is 11.1 Å². The van der Waals surface area contributed by atoms with Gasteiger partial charge in [0.15, 0.2) is 0 Å². The number of likely N-dealkylation sites (tertiary alicyclic amines) is 1. The first kappa shape index (κ1) is 16.7. The number of nitrogens with zero attached hydrogens (tertiary/aromatic N) is 1. The van der Waals surface area contributed by atoms with Crippen molar-refractivity contribution in [3.05, 3.63) is 21.9 Å². The van der Waals surface area contributed by atoms with Crippen LogP contribution in [0.25, 0.3) is 0 Å². The van der Waals surface area contributed by atoms with Gasteiger partial charge >= 0.3 is 6.18 Å². The summed E-state index contributed by atoms with van der Waals surface area (Å²) in [5, 5.41) is 0. The average molecular weight is 368 g/mol. The summed E-state index contributed by atoms with van der Waals surface area (Å²) in [4.78, 5) is 13.2. The van der Waals surface area contributed by atoms with Gasteiger partial charge < -0.3 is 4.90 Å². The number of hydrogen-bond acceptors (Lipinski definition) is 4. The summed E-state index contributed by atoms with van der Waals surface area (Å²) in [5.41, 5.74) is 0. The Kier molecular flexibility index (Phi) is 3.96. The summed E-state index contributed by atoms with van der Waals surface area (Å²) < 4.78 is 63.2. The third-order valence-electron chi connectivity index (χ3n) is 4.20. The molecule has 3 atom stereocenters. The molecule has 1 aromatic rings. The number of sulfonamides is 1. The number of piperidine rings is 1. The molecule has 1 saturated heterocycles. The lowest BCUT2D eigenvalue weighted by Gasteiger charge is -2.33. The number of carbonyl (C=O) groups is 1. The number of alkyl halides is 3. The van der Waals surface area contributed by atoms with Crippen LogP contribution >= 0.6 is 11.3 Å². The van der Waals surface area contributed by atoms with Crippen LogP contribution < -0.4 is 4.72 Å². The fourth-order valence-electron chi connectivity index (χ4n) is 3.41. The molecule has 2 bridgehead atoms. The van der Waals surface area contributed by atoms with E-state index in [1.165, 1.54) is 11.0 Å². The lowest BCUT2D eigenvalue weighted by molar-refractivity contribution is -0.134. The molecule has 1 amide bonds. The normalized spacial score (nSPS) is 27.7.